The van der Waals surface area contributed by atoms with Crippen LogP contribution in [0.15, 0.2) is 30.5 Å². The van der Waals surface area contributed by atoms with Crippen molar-refractivity contribution in [2.45, 2.75) is 19.4 Å². The molecule has 0 aliphatic rings. The van der Waals surface area contributed by atoms with Gasteiger partial charge < -0.3 is 20.8 Å². The third-order valence-electron chi connectivity index (χ3n) is 3.61. The van der Waals surface area contributed by atoms with Crippen LogP contribution in [-0.2, 0) is 0 Å². The van der Waals surface area contributed by atoms with Crippen molar-refractivity contribution >= 4 is 23.5 Å². The van der Waals surface area contributed by atoms with Crippen LogP contribution >= 0.6 is 11.6 Å². The molecule has 0 aliphatic carbocycles. The van der Waals surface area contributed by atoms with E-state index in [-0.39, 0.29) is 31.7 Å². The molecule has 2 rings (SSSR count). The van der Waals surface area contributed by atoms with E-state index in [4.69, 9.17) is 16.7 Å². The van der Waals surface area contributed by atoms with Gasteiger partial charge in [-0.05, 0) is 18.6 Å². The summed E-state index contributed by atoms with van der Waals surface area (Å²) < 4.78 is 0. The van der Waals surface area contributed by atoms with Crippen LogP contribution in [0.1, 0.15) is 23.7 Å². The van der Waals surface area contributed by atoms with Crippen LogP contribution in [-0.4, -0.2) is 51.9 Å². The molecule has 0 bridgehead atoms. The largest absolute Gasteiger partial charge is 0.395 e. The molecule has 0 spiro atoms. The lowest BCUT2D eigenvalue weighted by Crippen LogP contribution is -2.26. The van der Waals surface area contributed by atoms with E-state index in [1.165, 1.54) is 6.20 Å². The fraction of sp³-hybridized carbons (Fsp3) is 0.353. The maximum Gasteiger partial charge on any atom is 0.251 e. The highest BCUT2D eigenvalue weighted by molar-refractivity contribution is 6.32. The number of aromatic nitrogens is 2. The summed E-state index contributed by atoms with van der Waals surface area (Å²) in [6, 6.07) is 6.68. The molecule has 1 unspecified atom stereocenters. The van der Waals surface area contributed by atoms with Gasteiger partial charge in [-0.1, -0.05) is 30.7 Å². The zero-order chi connectivity index (χ0) is 18.2. The minimum atomic E-state index is -0.259. The Morgan fingerprint density at radius 2 is 2.00 bits per heavy atom. The van der Waals surface area contributed by atoms with Crippen molar-refractivity contribution < 1.29 is 15.0 Å². The van der Waals surface area contributed by atoms with Crippen LogP contribution in [0.4, 0.5) is 5.95 Å². The molecule has 0 radical (unpaired) electrons. The Bertz CT molecular complexity index is 706. The monoisotopic (exact) mass is 364 g/mol. The molecule has 1 amide bonds. The van der Waals surface area contributed by atoms with Gasteiger partial charge in [0, 0.05) is 17.7 Å². The van der Waals surface area contributed by atoms with E-state index in [0.717, 1.165) is 12.0 Å². The molecule has 8 heteroatoms. The second-order valence-corrected chi connectivity index (χ2v) is 5.79. The Morgan fingerprint density at radius 1 is 1.28 bits per heavy atom. The summed E-state index contributed by atoms with van der Waals surface area (Å²) in [6.45, 7) is 2.03. The standard InChI is InChI=1S/C17H21ClN4O3/c1-2-13(10-24)21-17-20-9-14(18)15(22-17)11-3-5-12(6-4-11)16(25)19-7-8-23/h3-6,9,13,23-24H,2,7-8,10H2,1H3,(H,19,25)(H,20,21,22). The SMILES string of the molecule is CCC(CO)Nc1ncc(Cl)c(-c2ccc(C(=O)NCCO)cc2)n1. The van der Waals surface area contributed by atoms with Gasteiger partial charge in [0.05, 0.1) is 36.2 Å². The van der Waals surface area contributed by atoms with Gasteiger partial charge in [-0.15, -0.1) is 0 Å². The fourth-order valence-electron chi connectivity index (χ4n) is 2.15. The van der Waals surface area contributed by atoms with Gasteiger partial charge >= 0.3 is 0 Å². The molecule has 0 fully saturated rings. The van der Waals surface area contributed by atoms with Crippen molar-refractivity contribution in [1.29, 1.82) is 0 Å². The van der Waals surface area contributed by atoms with Crippen LogP contribution in [0, 0.1) is 0 Å². The molecule has 0 saturated carbocycles. The Balaban J connectivity index is 2.21. The van der Waals surface area contributed by atoms with E-state index in [0.29, 0.717) is 22.2 Å². The average molecular weight is 365 g/mol. The molecule has 134 valence electrons. The normalized spacial score (nSPS) is 11.8. The van der Waals surface area contributed by atoms with Gasteiger partial charge in [0.15, 0.2) is 0 Å². The van der Waals surface area contributed by atoms with E-state index in [9.17, 15) is 9.90 Å². The van der Waals surface area contributed by atoms with Gasteiger partial charge in [-0.2, -0.15) is 0 Å². The van der Waals surface area contributed by atoms with Gasteiger partial charge in [0.2, 0.25) is 5.95 Å². The number of hydrogen-bond acceptors (Lipinski definition) is 6. The number of nitrogens with one attached hydrogen (secondary N) is 2. The lowest BCUT2D eigenvalue weighted by molar-refractivity contribution is 0.0945. The zero-order valence-corrected chi connectivity index (χ0v) is 14.6. The smallest absolute Gasteiger partial charge is 0.251 e. The summed E-state index contributed by atoms with van der Waals surface area (Å²) in [5, 5.41) is 24.0. The molecule has 1 heterocycles. The number of hydrogen-bond donors (Lipinski definition) is 4. The van der Waals surface area contributed by atoms with Crippen LogP contribution in [0.2, 0.25) is 5.02 Å². The molecule has 0 saturated heterocycles. The number of nitrogens with zero attached hydrogens (tertiary/aromatic N) is 2. The molecule has 0 aliphatic heterocycles. The topological polar surface area (TPSA) is 107 Å². The molecule has 1 aromatic carbocycles. The number of halogens is 1. The number of aliphatic hydroxyl groups is 2. The van der Waals surface area contributed by atoms with Crippen LogP contribution in [0.25, 0.3) is 11.3 Å². The quantitative estimate of drug-likeness (QED) is 0.568. The number of carbonyl (C=O) groups excluding carboxylic acids is 1. The second kappa shape index (κ2) is 9.31. The Morgan fingerprint density at radius 3 is 2.60 bits per heavy atom. The first-order chi connectivity index (χ1) is 12.1. The molecule has 7 nitrogen and oxygen atoms in total. The highest BCUT2D eigenvalue weighted by Gasteiger charge is 2.12. The first-order valence-electron chi connectivity index (χ1n) is 7.98. The summed E-state index contributed by atoms with van der Waals surface area (Å²) in [5.74, 6) is 0.121. The second-order valence-electron chi connectivity index (χ2n) is 5.38. The van der Waals surface area contributed by atoms with Crippen molar-refractivity contribution in [3.05, 3.63) is 41.0 Å². The summed E-state index contributed by atoms with van der Waals surface area (Å²) >= 11 is 6.20. The van der Waals surface area contributed by atoms with E-state index in [1.807, 2.05) is 6.92 Å². The zero-order valence-electron chi connectivity index (χ0n) is 13.9. The predicted molar refractivity (Wildman–Crippen MR) is 96.7 cm³/mol. The van der Waals surface area contributed by atoms with Crippen molar-refractivity contribution in [1.82, 2.24) is 15.3 Å². The highest BCUT2D eigenvalue weighted by Crippen LogP contribution is 2.26. The molecule has 2 aromatic rings. The third-order valence-corrected chi connectivity index (χ3v) is 3.88. The number of benzene rings is 1. The molecular formula is C17H21ClN4O3. The van der Waals surface area contributed by atoms with E-state index in [1.54, 1.807) is 24.3 Å². The molecular weight excluding hydrogens is 344 g/mol. The van der Waals surface area contributed by atoms with E-state index >= 15 is 0 Å². The maximum atomic E-state index is 11.9. The molecule has 4 N–H and O–H groups in total. The number of anilines is 1. The Kier molecular flexibility index (Phi) is 7.12. The summed E-state index contributed by atoms with van der Waals surface area (Å²) in [6.07, 6.45) is 2.23. The summed E-state index contributed by atoms with van der Waals surface area (Å²) in [4.78, 5) is 20.4. The highest BCUT2D eigenvalue weighted by atomic mass is 35.5. The molecule has 1 atom stereocenters. The number of aliphatic hydroxyl groups excluding tert-OH is 2. The Labute approximate surface area is 151 Å². The fourth-order valence-corrected chi connectivity index (χ4v) is 2.35. The maximum absolute atomic E-state index is 11.9. The van der Waals surface area contributed by atoms with Crippen molar-refractivity contribution in [2.75, 3.05) is 25.1 Å². The van der Waals surface area contributed by atoms with Crippen LogP contribution in [0.5, 0.6) is 0 Å². The lowest BCUT2D eigenvalue weighted by Gasteiger charge is -2.14. The average Bonchev–Trinajstić information content (AvgIpc) is 2.65. The van der Waals surface area contributed by atoms with E-state index < -0.39 is 0 Å². The minimum absolute atomic E-state index is 0.0184. The molecule has 1 aromatic heterocycles. The van der Waals surface area contributed by atoms with E-state index in [2.05, 4.69) is 20.6 Å². The van der Waals surface area contributed by atoms with Gasteiger partial charge in [-0.3, -0.25) is 4.79 Å². The number of carbonyl (C=O) groups is 1. The van der Waals surface area contributed by atoms with Crippen molar-refractivity contribution in [2.24, 2.45) is 0 Å². The van der Waals surface area contributed by atoms with Gasteiger partial charge in [-0.25, -0.2) is 9.97 Å². The third kappa shape index (κ3) is 5.12. The van der Waals surface area contributed by atoms with Crippen molar-refractivity contribution in [3.63, 3.8) is 0 Å². The first-order valence-corrected chi connectivity index (χ1v) is 8.36. The summed E-state index contributed by atoms with van der Waals surface area (Å²) in [7, 11) is 0. The number of amides is 1. The van der Waals surface area contributed by atoms with Crippen LogP contribution < -0.4 is 10.6 Å². The van der Waals surface area contributed by atoms with Crippen molar-refractivity contribution in [3.8, 4) is 11.3 Å². The van der Waals surface area contributed by atoms with Gasteiger partial charge in [0.25, 0.3) is 5.91 Å². The Hall–Kier alpha value is -2.22. The molecule has 25 heavy (non-hydrogen) atoms. The van der Waals surface area contributed by atoms with Crippen LogP contribution in [0.3, 0.4) is 0 Å². The first kappa shape index (κ1) is 19.1. The predicted octanol–water partition coefficient (Wildman–Crippen LogP) is 1.70. The summed E-state index contributed by atoms with van der Waals surface area (Å²) in [5.41, 5.74) is 1.76. The van der Waals surface area contributed by atoms with Gasteiger partial charge in [0.1, 0.15) is 0 Å². The number of rotatable bonds is 8. The lowest BCUT2D eigenvalue weighted by atomic mass is 10.1. The minimum Gasteiger partial charge on any atom is -0.395 e.